The zero-order valence-corrected chi connectivity index (χ0v) is 11.3. The van der Waals surface area contributed by atoms with Gasteiger partial charge in [0, 0.05) is 13.1 Å². The van der Waals surface area contributed by atoms with Gasteiger partial charge in [-0.3, -0.25) is 9.69 Å². The SMILES string of the molecule is Br.O=C1OCCN2C[C@H]3CCCCC3CC12. The van der Waals surface area contributed by atoms with Crippen LogP contribution >= 0.6 is 17.0 Å². The average molecular weight is 290 g/mol. The summed E-state index contributed by atoms with van der Waals surface area (Å²) in [5.74, 6) is 1.69. The number of cyclic esters (lactones) is 1. The molecule has 0 amide bonds. The first-order valence-electron chi connectivity index (χ1n) is 6.25. The second-order valence-corrected chi connectivity index (χ2v) is 5.22. The van der Waals surface area contributed by atoms with Gasteiger partial charge in [0.2, 0.25) is 0 Å². The molecule has 2 unspecified atom stereocenters. The number of esters is 1. The number of ether oxygens (including phenoxy) is 1. The molecule has 3 fully saturated rings. The summed E-state index contributed by atoms with van der Waals surface area (Å²) in [5.41, 5.74) is 0. The molecule has 0 aromatic rings. The first-order valence-corrected chi connectivity index (χ1v) is 6.25. The van der Waals surface area contributed by atoms with Crippen LogP contribution in [0.2, 0.25) is 0 Å². The van der Waals surface area contributed by atoms with Gasteiger partial charge in [-0.25, -0.2) is 0 Å². The quantitative estimate of drug-likeness (QED) is 0.639. The lowest BCUT2D eigenvalue weighted by Crippen LogP contribution is -2.56. The molecule has 3 nitrogen and oxygen atoms in total. The molecule has 0 aromatic heterocycles. The highest BCUT2D eigenvalue weighted by molar-refractivity contribution is 8.93. The summed E-state index contributed by atoms with van der Waals surface area (Å²) >= 11 is 0. The Hall–Kier alpha value is -0.0900. The van der Waals surface area contributed by atoms with E-state index in [1.54, 1.807) is 0 Å². The van der Waals surface area contributed by atoms with E-state index in [1.165, 1.54) is 25.7 Å². The number of fused-ring (bicyclic) bond motifs is 2. The van der Waals surface area contributed by atoms with E-state index >= 15 is 0 Å². The molecule has 3 rings (SSSR count). The maximum Gasteiger partial charge on any atom is 0.323 e. The van der Waals surface area contributed by atoms with E-state index in [1.807, 2.05) is 0 Å². The van der Waals surface area contributed by atoms with Crippen molar-refractivity contribution in [1.29, 1.82) is 0 Å². The minimum absolute atomic E-state index is 0. The van der Waals surface area contributed by atoms with Crippen LogP contribution in [-0.2, 0) is 9.53 Å². The van der Waals surface area contributed by atoms with Crippen molar-refractivity contribution in [3.8, 4) is 0 Å². The molecule has 0 radical (unpaired) electrons. The monoisotopic (exact) mass is 289 g/mol. The summed E-state index contributed by atoms with van der Waals surface area (Å²) < 4.78 is 5.15. The third kappa shape index (κ3) is 2.14. The number of rotatable bonds is 0. The molecule has 92 valence electrons. The molecular formula is C12H20BrNO2. The fraction of sp³-hybridized carbons (Fsp3) is 0.917. The summed E-state index contributed by atoms with van der Waals surface area (Å²) in [7, 11) is 0. The highest BCUT2D eigenvalue weighted by atomic mass is 79.9. The van der Waals surface area contributed by atoms with Gasteiger partial charge in [0.25, 0.3) is 0 Å². The first kappa shape index (κ1) is 12.4. The Morgan fingerprint density at radius 3 is 2.75 bits per heavy atom. The molecule has 16 heavy (non-hydrogen) atoms. The van der Waals surface area contributed by atoms with E-state index in [0.29, 0.717) is 6.61 Å². The zero-order valence-electron chi connectivity index (χ0n) is 9.56. The summed E-state index contributed by atoms with van der Waals surface area (Å²) in [6, 6.07) is 0.0955. The molecule has 4 heteroatoms. The lowest BCUT2D eigenvalue weighted by Gasteiger charge is -2.46. The van der Waals surface area contributed by atoms with E-state index in [4.69, 9.17) is 4.74 Å². The van der Waals surface area contributed by atoms with Crippen molar-refractivity contribution in [2.45, 2.75) is 38.1 Å². The highest BCUT2D eigenvalue weighted by Gasteiger charge is 2.42. The first-order chi connectivity index (χ1) is 7.34. The van der Waals surface area contributed by atoms with Gasteiger partial charge >= 0.3 is 5.97 Å². The van der Waals surface area contributed by atoms with Crippen LogP contribution in [0, 0.1) is 11.8 Å². The predicted octanol–water partition coefficient (Wildman–Crippen LogP) is 2.00. The second-order valence-electron chi connectivity index (χ2n) is 5.22. The van der Waals surface area contributed by atoms with Crippen LogP contribution in [0.25, 0.3) is 0 Å². The number of morpholine rings is 1. The lowest BCUT2D eigenvalue weighted by molar-refractivity contribution is -0.162. The van der Waals surface area contributed by atoms with Gasteiger partial charge in [-0.2, -0.15) is 0 Å². The van der Waals surface area contributed by atoms with Gasteiger partial charge in [0.05, 0.1) is 0 Å². The van der Waals surface area contributed by atoms with E-state index in [9.17, 15) is 4.79 Å². The van der Waals surface area contributed by atoms with Crippen LogP contribution < -0.4 is 0 Å². The minimum Gasteiger partial charge on any atom is -0.463 e. The summed E-state index contributed by atoms with van der Waals surface area (Å²) in [6.45, 7) is 2.71. The number of nitrogens with zero attached hydrogens (tertiary/aromatic N) is 1. The van der Waals surface area contributed by atoms with E-state index in [-0.39, 0.29) is 29.0 Å². The van der Waals surface area contributed by atoms with E-state index in [2.05, 4.69) is 4.90 Å². The Morgan fingerprint density at radius 2 is 1.94 bits per heavy atom. The molecule has 3 aliphatic rings. The van der Waals surface area contributed by atoms with Crippen LogP contribution in [0.3, 0.4) is 0 Å². The number of hydrogen-bond donors (Lipinski definition) is 0. The van der Waals surface area contributed by atoms with Crippen molar-refractivity contribution in [3.05, 3.63) is 0 Å². The third-order valence-electron chi connectivity index (χ3n) is 4.40. The van der Waals surface area contributed by atoms with Gasteiger partial charge < -0.3 is 4.74 Å². The largest absolute Gasteiger partial charge is 0.463 e. The maximum absolute atomic E-state index is 11.6. The van der Waals surface area contributed by atoms with Crippen molar-refractivity contribution in [1.82, 2.24) is 4.90 Å². The van der Waals surface area contributed by atoms with Crippen LogP contribution in [0.1, 0.15) is 32.1 Å². The normalized spacial score (nSPS) is 39.0. The van der Waals surface area contributed by atoms with E-state index < -0.39 is 0 Å². The third-order valence-corrected chi connectivity index (χ3v) is 4.40. The molecule has 0 aromatic carbocycles. The fourth-order valence-electron chi connectivity index (χ4n) is 3.55. The molecule has 1 aliphatic carbocycles. The van der Waals surface area contributed by atoms with Gasteiger partial charge in [-0.05, 0) is 24.7 Å². The predicted molar refractivity (Wildman–Crippen MR) is 66.7 cm³/mol. The average Bonchev–Trinajstić information content (AvgIpc) is 2.27. The molecule has 2 aliphatic heterocycles. The summed E-state index contributed by atoms with van der Waals surface area (Å²) in [6.07, 6.45) is 6.53. The Labute approximate surface area is 107 Å². The number of carbonyl (C=O) groups excluding carboxylic acids is 1. The minimum atomic E-state index is 0. The lowest BCUT2D eigenvalue weighted by atomic mass is 9.73. The smallest absolute Gasteiger partial charge is 0.323 e. The van der Waals surface area contributed by atoms with Gasteiger partial charge in [-0.15, -0.1) is 17.0 Å². The maximum atomic E-state index is 11.6. The standard InChI is InChI=1S/C12H19NO2.BrH/c14-12-11-7-9-3-1-2-4-10(9)8-13(11)5-6-15-12;/h9-11H,1-8H2;1H/t9?,10-,11?;/m1./s1. The summed E-state index contributed by atoms with van der Waals surface area (Å²) in [4.78, 5) is 14.0. The van der Waals surface area contributed by atoms with E-state index in [0.717, 1.165) is 31.3 Å². The molecule has 0 spiro atoms. The fourth-order valence-corrected chi connectivity index (χ4v) is 3.55. The van der Waals surface area contributed by atoms with Crippen molar-refractivity contribution >= 4 is 23.0 Å². The molecule has 3 atom stereocenters. The van der Waals surface area contributed by atoms with Crippen molar-refractivity contribution in [2.75, 3.05) is 19.7 Å². The number of carbonyl (C=O) groups is 1. The molecule has 2 saturated heterocycles. The van der Waals surface area contributed by atoms with Crippen LogP contribution in [0.5, 0.6) is 0 Å². The number of halogens is 1. The number of hydrogen-bond acceptors (Lipinski definition) is 3. The number of piperidine rings is 1. The zero-order chi connectivity index (χ0) is 10.3. The Kier molecular flexibility index (Phi) is 3.90. The van der Waals surface area contributed by atoms with Gasteiger partial charge in [0.1, 0.15) is 12.6 Å². The molecule has 2 heterocycles. The summed E-state index contributed by atoms with van der Waals surface area (Å²) in [5, 5.41) is 0. The van der Waals surface area contributed by atoms with Crippen molar-refractivity contribution in [3.63, 3.8) is 0 Å². The van der Waals surface area contributed by atoms with Crippen LogP contribution in [0.15, 0.2) is 0 Å². The topological polar surface area (TPSA) is 29.5 Å². The second kappa shape index (κ2) is 5.05. The van der Waals surface area contributed by atoms with Crippen LogP contribution in [-0.4, -0.2) is 36.6 Å². The van der Waals surface area contributed by atoms with Crippen LogP contribution in [0.4, 0.5) is 0 Å². The van der Waals surface area contributed by atoms with Crippen molar-refractivity contribution < 1.29 is 9.53 Å². The highest BCUT2D eigenvalue weighted by Crippen LogP contribution is 2.39. The Bertz CT molecular complexity index is 272. The Balaban J connectivity index is 0.000000963. The molecule has 1 saturated carbocycles. The van der Waals surface area contributed by atoms with Gasteiger partial charge in [0.15, 0.2) is 0 Å². The van der Waals surface area contributed by atoms with Gasteiger partial charge in [-0.1, -0.05) is 19.3 Å². The molecular weight excluding hydrogens is 270 g/mol. The molecule has 0 N–H and O–H groups in total. The van der Waals surface area contributed by atoms with Crippen molar-refractivity contribution in [2.24, 2.45) is 11.8 Å². The Morgan fingerprint density at radius 1 is 1.19 bits per heavy atom. The molecule has 0 bridgehead atoms.